The second-order valence-electron chi connectivity index (χ2n) is 6.44. The first kappa shape index (κ1) is 22.2. The maximum Gasteiger partial charge on any atom is 0.243 e. The number of anilines is 1. The van der Waals surface area contributed by atoms with Gasteiger partial charge < -0.3 is 15.0 Å². The molecule has 2 rings (SSSR count). The maximum absolute atomic E-state index is 12.2. The Balaban J connectivity index is 1.62. The smallest absolute Gasteiger partial charge is 0.243 e. The van der Waals surface area contributed by atoms with Crippen LogP contribution in [0.5, 0.6) is 5.75 Å². The van der Waals surface area contributed by atoms with E-state index in [9.17, 15) is 14.4 Å². The van der Waals surface area contributed by atoms with Crippen LogP contribution in [0.25, 0.3) is 0 Å². The van der Waals surface area contributed by atoms with Gasteiger partial charge in [-0.05, 0) is 37.1 Å². The van der Waals surface area contributed by atoms with Crippen molar-refractivity contribution in [3.63, 3.8) is 0 Å². The minimum atomic E-state index is -0.250. The zero-order valence-corrected chi connectivity index (χ0v) is 17.7. The van der Waals surface area contributed by atoms with E-state index in [0.717, 1.165) is 12.8 Å². The molecular formula is C19H25N3O4S2. The first-order valence-electron chi connectivity index (χ1n) is 9.05. The van der Waals surface area contributed by atoms with Crippen molar-refractivity contribution in [3.05, 3.63) is 24.3 Å². The van der Waals surface area contributed by atoms with Crippen LogP contribution in [0.4, 0.5) is 5.69 Å². The van der Waals surface area contributed by atoms with Crippen molar-refractivity contribution in [2.75, 3.05) is 38.3 Å². The summed E-state index contributed by atoms with van der Waals surface area (Å²) in [5.41, 5.74) is 0.652. The second-order valence-corrected chi connectivity index (χ2v) is 8.05. The topological polar surface area (TPSA) is 79.0 Å². The van der Waals surface area contributed by atoms with Crippen molar-refractivity contribution in [2.24, 2.45) is 0 Å². The molecular weight excluding hydrogens is 398 g/mol. The molecule has 28 heavy (non-hydrogen) atoms. The van der Waals surface area contributed by atoms with Gasteiger partial charge >= 0.3 is 0 Å². The number of unbranched alkanes of at least 4 members (excludes halogenated alkanes) is 2. The summed E-state index contributed by atoms with van der Waals surface area (Å²) < 4.78 is 5.71. The lowest BCUT2D eigenvalue weighted by molar-refractivity contribution is -0.133. The Bertz CT molecular complexity index is 708. The number of amides is 3. The van der Waals surface area contributed by atoms with Gasteiger partial charge in [0.05, 0.1) is 19.4 Å². The van der Waals surface area contributed by atoms with Gasteiger partial charge in [-0.1, -0.05) is 30.4 Å². The molecule has 1 saturated heterocycles. The Morgan fingerprint density at radius 2 is 1.96 bits per heavy atom. The summed E-state index contributed by atoms with van der Waals surface area (Å²) >= 11 is 6.53. The van der Waals surface area contributed by atoms with Crippen LogP contribution in [0, 0.1) is 0 Å². The standard InChI is InChI=1S/C19H25N3O4S2/c1-21(12-16(23)20-14-7-9-15(26-2)10-8-14)17(24)6-4-3-5-11-22-18(25)13-28-19(22)27/h7-10H,3-6,11-13H2,1-2H3,(H,20,23). The van der Waals surface area contributed by atoms with Gasteiger partial charge in [0.2, 0.25) is 17.7 Å². The lowest BCUT2D eigenvalue weighted by Crippen LogP contribution is -2.34. The molecule has 0 atom stereocenters. The average molecular weight is 424 g/mol. The summed E-state index contributed by atoms with van der Waals surface area (Å²) in [5.74, 6) is 0.877. The van der Waals surface area contributed by atoms with Crippen molar-refractivity contribution in [2.45, 2.75) is 25.7 Å². The van der Waals surface area contributed by atoms with E-state index < -0.39 is 0 Å². The third-order valence-corrected chi connectivity index (χ3v) is 5.73. The van der Waals surface area contributed by atoms with Crippen LogP contribution >= 0.6 is 24.0 Å². The number of nitrogens with zero attached hydrogens (tertiary/aromatic N) is 2. The fraction of sp³-hybridized carbons (Fsp3) is 0.474. The van der Waals surface area contributed by atoms with E-state index in [1.165, 1.54) is 16.7 Å². The molecule has 9 heteroatoms. The van der Waals surface area contributed by atoms with Gasteiger partial charge in [0.1, 0.15) is 10.1 Å². The third-order valence-electron chi connectivity index (χ3n) is 4.29. The zero-order valence-electron chi connectivity index (χ0n) is 16.1. The summed E-state index contributed by atoms with van der Waals surface area (Å²) in [5, 5.41) is 2.75. The van der Waals surface area contributed by atoms with Gasteiger partial charge in [-0.2, -0.15) is 0 Å². The highest BCUT2D eigenvalue weighted by molar-refractivity contribution is 8.23. The molecule has 1 aliphatic heterocycles. The number of thiocarbonyl (C=S) groups is 1. The SMILES string of the molecule is COc1ccc(NC(=O)CN(C)C(=O)CCCCCN2C(=O)CSC2=S)cc1. The number of rotatable bonds is 10. The molecule has 1 N–H and O–H groups in total. The van der Waals surface area contributed by atoms with Crippen molar-refractivity contribution >= 4 is 51.7 Å². The van der Waals surface area contributed by atoms with E-state index in [1.807, 2.05) is 0 Å². The number of hydrogen-bond donors (Lipinski definition) is 1. The molecule has 0 aromatic heterocycles. The zero-order chi connectivity index (χ0) is 20.5. The van der Waals surface area contributed by atoms with Crippen molar-refractivity contribution in [1.82, 2.24) is 9.80 Å². The van der Waals surface area contributed by atoms with E-state index in [0.29, 0.717) is 40.9 Å². The predicted octanol–water partition coefficient (Wildman–Crippen LogP) is 2.51. The molecule has 0 spiro atoms. The van der Waals surface area contributed by atoms with Gasteiger partial charge in [-0.3, -0.25) is 19.3 Å². The summed E-state index contributed by atoms with van der Waals surface area (Å²) in [4.78, 5) is 38.9. The average Bonchev–Trinajstić information content (AvgIpc) is 2.99. The highest BCUT2D eigenvalue weighted by Crippen LogP contribution is 2.20. The quantitative estimate of drug-likeness (QED) is 0.460. The Hall–Kier alpha value is -2.13. The van der Waals surface area contributed by atoms with Crippen LogP contribution in [-0.2, 0) is 14.4 Å². The van der Waals surface area contributed by atoms with Gasteiger partial charge in [0.15, 0.2) is 0 Å². The van der Waals surface area contributed by atoms with E-state index in [2.05, 4.69) is 5.32 Å². The predicted molar refractivity (Wildman–Crippen MR) is 114 cm³/mol. The van der Waals surface area contributed by atoms with Crippen LogP contribution in [-0.4, -0.2) is 64.8 Å². The number of nitrogens with one attached hydrogen (secondary N) is 1. The number of likely N-dealkylation sites (N-methyl/N-ethyl adjacent to an activating group) is 1. The lowest BCUT2D eigenvalue weighted by Gasteiger charge is -2.17. The van der Waals surface area contributed by atoms with Crippen molar-refractivity contribution in [1.29, 1.82) is 0 Å². The summed E-state index contributed by atoms with van der Waals surface area (Å²) in [6, 6.07) is 7.00. The number of methoxy groups -OCH3 is 1. The van der Waals surface area contributed by atoms with Gasteiger partial charge in [0.25, 0.3) is 0 Å². The van der Waals surface area contributed by atoms with E-state index >= 15 is 0 Å². The molecule has 1 heterocycles. The second kappa shape index (κ2) is 11.0. The highest BCUT2D eigenvalue weighted by Gasteiger charge is 2.25. The lowest BCUT2D eigenvalue weighted by atomic mass is 10.1. The summed E-state index contributed by atoms with van der Waals surface area (Å²) in [6.45, 7) is 0.609. The van der Waals surface area contributed by atoms with Gasteiger partial charge in [0, 0.05) is 25.7 Å². The molecule has 7 nitrogen and oxygen atoms in total. The van der Waals surface area contributed by atoms with Crippen molar-refractivity contribution < 1.29 is 19.1 Å². The Morgan fingerprint density at radius 1 is 1.25 bits per heavy atom. The summed E-state index contributed by atoms with van der Waals surface area (Å²) in [6.07, 6.45) is 2.72. The molecule has 3 amide bonds. The molecule has 0 unspecified atom stereocenters. The molecule has 1 fully saturated rings. The molecule has 1 aliphatic rings. The molecule has 152 valence electrons. The number of carbonyl (C=O) groups excluding carboxylic acids is 3. The number of thioether (sulfide) groups is 1. The largest absolute Gasteiger partial charge is 0.497 e. The monoisotopic (exact) mass is 423 g/mol. The highest BCUT2D eigenvalue weighted by atomic mass is 32.2. The fourth-order valence-electron chi connectivity index (χ4n) is 2.69. The Morgan fingerprint density at radius 3 is 2.57 bits per heavy atom. The van der Waals surface area contributed by atoms with Crippen LogP contribution in [0.15, 0.2) is 24.3 Å². The maximum atomic E-state index is 12.2. The molecule has 0 radical (unpaired) electrons. The van der Waals surface area contributed by atoms with Gasteiger partial charge in [-0.25, -0.2) is 0 Å². The van der Waals surface area contributed by atoms with Crippen molar-refractivity contribution in [3.8, 4) is 5.75 Å². The van der Waals surface area contributed by atoms with Crippen LogP contribution in [0.1, 0.15) is 25.7 Å². The Kier molecular flexibility index (Phi) is 8.72. The number of ether oxygens (including phenoxy) is 1. The van der Waals surface area contributed by atoms with Crippen LogP contribution in [0.2, 0.25) is 0 Å². The molecule has 0 aliphatic carbocycles. The number of benzene rings is 1. The first-order chi connectivity index (χ1) is 13.4. The van der Waals surface area contributed by atoms with Crippen LogP contribution < -0.4 is 10.1 Å². The molecule has 1 aromatic carbocycles. The van der Waals surface area contributed by atoms with Crippen LogP contribution in [0.3, 0.4) is 0 Å². The van der Waals surface area contributed by atoms with E-state index in [1.54, 1.807) is 43.3 Å². The van der Waals surface area contributed by atoms with E-state index in [4.69, 9.17) is 17.0 Å². The van der Waals surface area contributed by atoms with Gasteiger partial charge in [-0.15, -0.1) is 0 Å². The fourth-order valence-corrected chi connectivity index (χ4v) is 3.81. The Labute approximate surface area is 174 Å². The number of carbonyl (C=O) groups is 3. The van der Waals surface area contributed by atoms with E-state index in [-0.39, 0.29) is 24.3 Å². The normalized spacial score (nSPS) is 13.6. The minimum Gasteiger partial charge on any atom is -0.497 e. The summed E-state index contributed by atoms with van der Waals surface area (Å²) in [7, 11) is 3.20. The molecule has 0 bridgehead atoms. The minimum absolute atomic E-state index is 0.00135. The molecule has 0 saturated carbocycles. The molecule has 1 aromatic rings. The number of hydrogen-bond acceptors (Lipinski definition) is 6. The first-order valence-corrected chi connectivity index (χ1v) is 10.4. The third kappa shape index (κ3) is 6.79.